The van der Waals surface area contributed by atoms with Gasteiger partial charge in [-0.2, -0.15) is 0 Å². The Morgan fingerprint density at radius 2 is 2.00 bits per heavy atom. The normalized spacial score (nSPS) is 18.5. The van der Waals surface area contributed by atoms with Crippen molar-refractivity contribution >= 4 is 58.3 Å². The summed E-state index contributed by atoms with van der Waals surface area (Å²) in [6.07, 6.45) is 3.00. The highest BCUT2D eigenvalue weighted by Crippen LogP contribution is 2.44. The van der Waals surface area contributed by atoms with E-state index < -0.39 is 18.1 Å². The average Bonchev–Trinajstić information content (AvgIpc) is 3.09. The number of nitrogens with one attached hydrogen (secondary N) is 4. The van der Waals surface area contributed by atoms with Gasteiger partial charge < -0.3 is 36.7 Å². The number of aliphatic hydroxyl groups excluding tert-OH is 1. The molecule has 0 bridgehead atoms. The number of anilines is 4. The topological polar surface area (TPSA) is 184 Å². The van der Waals surface area contributed by atoms with Crippen LogP contribution in [0.25, 0.3) is 11.3 Å². The summed E-state index contributed by atoms with van der Waals surface area (Å²) in [5.74, 6) is -0.609. The van der Waals surface area contributed by atoms with Crippen molar-refractivity contribution in [2.24, 2.45) is 0 Å². The molecule has 4 heterocycles. The van der Waals surface area contributed by atoms with Crippen LogP contribution in [0.4, 0.5) is 22.9 Å². The summed E-state index contributed by atoms with van der Waals surface area (Å²) in [6, 6.07) is 4.05. The molecular weight excluding hydrogens is 582 g/mol. The molecule has 1 saturated heterocycles. The number of aliphatic hydroxyl groups is 1. The van der Waals surface area contributed by atoms with Crippen LogP contribution in [0.2, 0.25) is 5.02 Å². The molecule has 1 fully saturated rings. The van der Waals surface area contributed by atoms with Gasteiger partial charge in [0.25, 0.3) is 0 Å². The Morgan fingerprint density at radius 1 is 1.27 bits per heavy atom. The molecule has 7 N–H and O–H groups in total. The van der Waals surface area contributed by atoms with Gasteiger partial charge in [-0.3, -0.25) is 20.0 Å². The minimum absolute atomic E-state index is 0.0268. The molecule has 2 aliphatic heterocycles. The van der Waals surface area contributed by atoms with Crippen molar-refractivity contribution in [3.05, 3.63) is 70.0 Å². The second-order valence-electron chi connectivity index (χ2n) is 11.0. The van der Waals surface area contributed by atoms with Crippen molar-refractivity contribution in [3.8, 4) is 11.3 Å². The van der Waals surface area contributed by atoms with Gasteiger partial charge in [-0.15, -0.1) is 0 Å². The van der Waals surface area contributed by atoms with Crippen LogP contribution >= 0.6 is 11.6 Å². The van der Waals surface area contributed by atoms with Crippen LogP contribution in [0, 0.1) is 24.7 Å². The van der Waals surface area contributed by atoms with E-state index in [1.54, 1.807) is 41.1 Å². The lowest BCUT2D eigenvalue weighted by Gasteiger charge is -2.44. The lowest BCUT2D eigenvalue weighted by molar-refractivity contribution is -0.133. The molecule has 0 aliphatic carbocycles. The van der Waals surface area contributed by atoms with Gasteiger partial charge in [-0.25, -0.2) is 4.98 Å². The highest BCUT2D eigenvalue weighted by Gasteiger charge is 2.43. The number of amides is 2. The molecule has 1 aromatic carbocycles. The number of hydrogen-bond donors (Lipinski definition) is 6. The van der Waals surface area contributed by atoms with Crippen molar-refractivity contribution in [1.29, 1.82) is 10.8 Å². The Hall–Kier alpha value is -4.81. The maximum Gasteiger partial charge on any atom is 0.249 e. The van der Waals surface area contributed by atoms with Gasteiger partial charge in [0.05, 0.1) is 46.0 Å². The summed E-state index contributed by atoms with van der Waals surface area (Å²) in [6.45, 7) is 10.9. The number of hydrogen-bond acceptors (Lipinski definition) is 9. The molecule has 44 heavy (non-hydrogen) atoms. The number of benzene rings is 1. The zero-order valence-electron chi connectivity index (χ0n) is 24.8. The van der Waals surface area contributed by atoms with E-state index in [0.717, 1.165) is 17.3 Å². The molecule has 2 amide bonds. The van der Waals surface area contributed by atoms with E-state index in [1.165, 1.54) is 6.08 Å². The number of rotatable bonds is 6. The Balaban J connectivity index is 1.79. The Bertz CT molecular complexity index is 1740. The van der Waals surface area contributed by atoms with E-state index in [9.17, 15) is 20.1 Å². The van der Waals surface area contributed by atoms with E-state index in [-0.39, 0.29) is 58.7 Å². The standard InChI is InChI=1S/C31H34ClN9O3/c1-6-21(43)40-13-20-31(44)39-28-23(29(35)41(20)12-16(40)4)30(37-25-15(3)9-10-36-26(25)17(5)42)38-27(24(28)32)22-14(2)7-8-19(34)18(22)11-33/h6-11,16-17,20,33,35,42H,1,12-13,34H2,2-5H3,(H,37,38)(H,39,44). The first-order valence-electron chi connectivity index (χ1n) is 14.0. The number of nitrogens with zero attached hydrogens (tertiary/aromatic N) is 4. The predicted molar refractivity (Wildman–Crippen MR) is 172 cm³/mol. The van der Waals surface area contributed by atoms with Crippen molar-refractivity contribution < 1.29 is 14.7 Å². The average molecular weight is 616 g/mol. The van der Waals surface area contributed by atoms with E-state index in [4.69, 9.17) is 27.7 Å². The maximum atomic E-state index is 13.8. The summed E-state index contributed by atoms with van der Waals surface area (Å²) in [7, 11) is 0. The molecule has 228 valence electrons. The first-order chi connectivity index (χ1) is 20.9. The van der Waals surface area contributed by atoms with Crippen LogP contribution < -0.4 is 16.4 Å². The highest BCUT2D eigenvalue weighted by molar-refractivity contribution is 6.38. The van der Waals surface area contributed by atoms with E-state index in [0.29, 0.717) is 28.2 Å². The number of aromatic nitrogens is 2. The third kappa shape index (κ3) is 5.05. The zero-order valence-corrected chi connectivity index (χ0v) is 25.6. The van der Waals surface area contributed by atoms with Crippen molar-refractivity contribution in [2.75, 3.05) is 29.5 Å². The van der Waals surface area contributed by atoms with Crippen LogP contribution in [0.5, 0.6) is 0 Å². The highest BCUT2D eigenvalue weighted by atomic mass is 35.5. The number of pyridine rings is 2. The zero-order chi connectivity index (χ0) is 32.0. The number of nitrogens with two attached hydrogens (primary N) is 1. The molecule has 2 aromatic heterocycles. The minimum atomic E-state index is -0.927. The second kappa shape index (κ2) is 11.7. The Labute approximate surface area is 260 Å². The number of aryl methyl sites for hydroxylation is 2. The fourth-order valence-electron chi connectivity index (χ4n) is 5.78. The molecule has 12 nitrogen and oxygen atoms in total. The van der Waals surface area contributed by atoms with Crippen LogP contribution in [0.15, 0.2) is 37.1 Å². The van der Waals surface area contributed by atoms with Gasteiger partial charge in [-0.05, 0) is 57.0 Å². The smallest absolute Gasteiger partial charge is 0.249 e. The van der Waals surface area contributed by atoms with Gasteiger partial charge >= 0.3 is 0 Å². The van der Waals surface area contributed by atoms with Gasteiger partial charge in [0, 0.05) is 41.8 Å². The number of piperazine rings is 1. The van der Waals surface area contributed by atoms with E-state index in [1.807, 2.05) is 20.8 Å². The van der Waals surface area contributed by atoms with Gasteiger partial charge in [-0.1, -0.05) is 24.2 Å². The third-order valence-electron chi connectivity index (χ3n) is 8.11. The minimum Gasteiger partial charge on any atom is -0.398 e. The molecule has 13 heteroatoms. The summed E-state index contributed by atoms with van der Waals surface area (Å²) < 4.78 is 0. The summed E-state index contributed by atoms with van der Waals surface area (Å²) in [4.78, 5) is 38.9. The van der Waals surface area contributed by atoms with E-state index >= 15 is 0 Å². The van der Waals surface area contributed by atoms with Gasteiger partial charge in [0.2, 0.25) is 11.8 Å². The van der Waals surface area contributed by atoms with Crippen molar-refractivity contribution in [1.82, 2.24) is 19.8 Å². The lowest BCUT2D eigenvalue weighted by atomic mass is 9.96. The summed E-state index contributed by atoms with van der Waals surface area (Å²) in [5.41, 5.74) is 10.4. The third-order valence-corrected chi connectivity index (χ3v) is 8.47. The summed E-state index contributed by atoms with van der Waals surface area (Å²) in [5, 5.41) is 34.3. The van der Waals surface area contributed by atoms with Gasteiger partial charge in [0.1, 0.15) is 17.7 Å². The van der Waals surface area contributed by atoms with Crippen molar-refractivity contribution in [3.63, 3.8) is 0 Å². The molecule has 3 aromatic rings. The molecule has 0 spiro atoms. The number of amidine groups is 1. The lowest BCUT2D eigenvalue weighted by Crippen LogP contribution is -2.62. The monoisotopic (exact) mass is 615 g/mol. The predicted octanol–water partition coefficient (Wildman–Crippen LogP) is 4.16. The molecule has 0 radical (unpaired) electrons. The molecule has 2 aliphatic rings. The fourth-order valence-corrected chi connectivity index (χ4v) is 6.06. The van der Waals surface area contributed by atoms with E-state index in [2.05, 4.69) is 22.2 Å². The largest absolute Gasteiger partial charge is 0.398 e. The second-order valence-corrected chi connectivity index (χ2v) is 11.4. The molecule has 0 saturated carbocycles. The number of nitrogen functional groups attached to an aromatic ring is 1. The number of carbonyl (C=O) groups excluding carboxylic acids is 2. The SMILES string of the molecule is C=CC(=O)N1CC2C(=O)Nc3c(Cl)c(-c4c(C)ccc(N)c4C=N)nc(Nc4c(C)ccnc4C(C)O)c3C(=N)N2CC1C. The number of fused-ring (bicyclic) bond motifs is 2. The first kappa shape index (κ1) is 30.6. The quantitative estimate of drug-likeness (QED) is 0.136. The molecule has 5 rings (SSSR count). The molecule has 3 unspecified atom stereocenters. The molecule has 3 atom stereocenters. The van der Waals surface area contributed by atoms with Crippen LogP contribution in [0.3, 0.4) is 0 Å². The van der Waals surface area contributed by atoms with Gasteiger partial charge in [0.15, 0.2) is 0 Å². The Kier molecular flexibility index (Phi) is 8.15. The van der Waals surface area contributed by atoms with Crippen LogP contribution in [-0.2, 0) is 9.59 Å². The van der Waals surface area contributed by atoms with Crippen LogP contribution in [-0.4, -0.2) is 73.9 Å². The number of halogens is 1. The van der Waals surface area contributed by atoms with Crippen molar-refractivity contribution in [2.45, 2.75) is 45.9 Å². The fraction of sp³-hybridized carbons (Fsp3) is 0.290. The first-order valence-corrected chi connectivity index (χ1v) is 14.4. The van der Waals surface area contributed by atoms with Crippen LogP contribution in [0.1, 0.15) is 47.9 Å². The summed E-state index contributed by atoms with van der Waals surface area (Å²) >= 11 is 7.07. The maximum absolute atomic E-state index is 13.8. The number of carbonyl (C=O) groups is 2. The molecular formula is C31H34ClN9O3. The Morgan fingerprint density at radius 3 is 2.66 bits per heavy atom.